The SMILES string of the molecule is CC(=O)N1CCCCC1.CC(=O)N1CCN(C)CC1.CC(=O)N1CCOCC1.CN1CCN(S(C)(=O)=O)CC1.CS(=O)(=O)N1CCCCC1.CS(=O)(=O)N1CCOCC1. The number of piperidine rings is 2. The normalized spacial score (nSPS) is 21.9. The Morgan fingerprint density at radius 2 is 0.627 bits per heavy atom. The predicted octanol–water partition coefficient (Wildman–Crippen LogP) is -0.432. The number of carbonyl (C=O) groups excluding carboxylic acids is 3. The lowest BCUT2D eigenvalue weighted by atomic mass is 10.1. The van der Waals surface area contributed by atoms with Crippen molar-refractivity contribution in [2.24, 2.45) is 0 Å². The number of morpholine rings is 2. The van der Waals surface area contributed by atoms with Gasteiger partial charge in [0.25, 0.3) is 0 Å². The average Bonchev–Trinajstić information content (AvgIpc) is 3.20. The van der Waals surface area contributed by atoms with Gasteiger partial charge in [0.2, 0.25) is 47.8 Å². The average molecular weight is 905 g/mol. The van der Waals surface area contributed by atoms with Gasteiger partial charge in [0.15, 0.2) is 0 Å². The molecule has 0 bridgehead atoms. The van der Waals surface area contributed by atoms with Crippen molar-refractivity contribution in [1.29, 1.82) is 0 Å². The largest absolute Gasteiger partial charge is 0.379 e. The zero-order valence-corrected chi connectivity index (χ0v) is 39.6. The monoisotopic (exact) mass is 904 g/mol. The molecule has 0 aromatic heterocycles. The zero-order chi connectivity index (χ0) is 44.6. The van der Waals surface area contributed by atoms with E-state index in [4.69, 9.17) is 9.47 Å². The van der Waals surface area contributed by atoms with Gasteiger partial charge in [0, 0.05) is 125 Å². The Morgan fingerprint density at radius 3 is 0.915 bits per heavy atom. The number of nitrogens with zero attached hydrogens (tertiary/aromatic N) is 8. The molecule has 0 unspecified atom stereocenters. The Balaban J connectivity index is 0.000000354. The Hall–Kier alpha value is -2.02. The van der Waals surface area contributed by atoms with Gasteiger partial charge in [0.05, 0.1) is 45.2 Å². The molecule has 0 aliphatic carbocycles. The summed E-state index contributed by atoms with van der Waals surface area (Å²) < 4.78 is 80.1. The van der Waals surface area contributed by atoms with E-state index in [9.17, 15) is 39.6 Å². The molecule has 3 amide bonds. The van der Waals surface area contributed by atoms with Crippen LogP contribution in [-0.2, 0) is 53.9 Å². The topological polar surface area (TPSA) is 198 Å². The molecule has 59 heavy (non-hydrogen) atoms. The molecular weight excluding hydrogens is 829 g/mol. The van der Waals surface area contributed by atoms with E-state index in [0.717, 1.165) is 91.4 Å². The van der Waals surface area contributed by atoms with E-state index in [2.05, 4.69) is 16.8 Å². The van der Waals surface area contributed by atoms with Crippen molar-refractivity contribution >= 4 is 47.8 Å². The first kappa shape index (κ1) is 55.0. The van der Waals surface area contributed by atoms with E-state index in [1.807, 2.05) is 16.8 Å². The summed E-state index contributed by atoms with van der Waals surface area (Å²) in [6.07, 6.45) is 10.7. The molecule has 6 heterocycles. The van der Waals surface area contributed by atoms with Gasteiger partial charge in [-0.25, -0.2) is 29.6 Å². The van der Waals surface area contributed by atoms with E-state index in [0.29, 0.717) is 52.6 Å². The van der Waals surface area contributed by atoms with Crippen LogP contribution in [0.1, 0.15) is 59.3 Å². The Kier molecular flexibility index (Phi) is 26.6. The van der Waals surface area contributed by atoms with Gasteiger partial charge in [-0.3, -0.25) is 14.4 Å². The van der Waals surface area contributed by atoms with Gasteiger partial charge in [-0.15, -0.1) is 0 Å². The molecule has 6 saturated heterocycles. The highest BCUT2D eigenvalue weighted by Gasteiger charge is 2.22. The molecule has 6 aliphatic heterocycles. The van der Waals surface area contributed by atoms with E-state index in [1.165, 1.54) is 53.1 Å². The van der Waals surface area contributed by atoms with Crippen LogP contribution in [-0.4, -0.2) is 244 Å². The number of ether oxygens (including phenoxy) is 2. The smallest absolute Gasteiger partial charge is 0.219 e. The quantitative estimate of drug-likeness (QED) is 0.354. The molecular formula is C37H76N8O11S3. The molecule has 6 rings (SSSR count). The zero-order valence-electron chi connectivity index (χ0n) is 37.2. The summed E-state index contributed by atoms with van der Waals surface area (Å²) in [5.74, 6) is 0.584. The minimum absolute atomic E-state index is 0.151. The number of rotatable bonds is 3. The first-order valence-corrected chi connectivity index (χ1v) is 26.2. The molecule has 0 atom stereocenters. The molecule has 0 aromatic rings. The number of piperazine rings is 2. The number of amides is 3. The predicted molar refractivity (Wildman–Crippen MR) is 230 cm³/mol. The maximum Gasteiger partial charge on any atom is 0.219 e. The van der Waals surface area contributed by atoms with Crippen LogP contribution in [0.3, 0.4) is 0 Å². The lowest BCUT2D eigenvalue weighted by Gasteiger charge is -2.31. The molecule has 19 nitrogen and oxygen atoms in total. The Morgan fingerprint density at radius 1 is 0.356 bits per heavy atom. The van der Waals surface area contributed by atoms with Crippen LogP contribution in [0.15, 0.2) is 0 Å². The maximum absolute atomic E-state index is 11.0. The van der Waals surface area contributed by atoms with Crippen molar-refractivity contribution in [1.82, 2.24) is 37.4 Å². The van der Waals surface area contributed by atoms with Crippen LogP contribution in [0.25, 0.3) is 0 Å². The standard InChI is InChI=1S/C7H14N2O.C7H13NO.C6H14N2O2S.C6H13NO2S.C6H11NO2.C5H11NO3S/c1-7(10)9-5-3-8(2)4-6-9;1-7(9)8-5-3-2-4-6-8;1-7-3-5-8(6-4-7)11(2,9)10;1-10(8,9)7-5-3-2-4-6-7;1-6(8)7-2-4-9-5-3-7;1-10(7,8)6-2-4-9-5-3-6/h3-6H2,1-2H3;2-6H2,1H3;3-6H2,1-2H3;2-6H2,1H3;2-5H2,1H3;2-5H2,1H3. The lowest BCUT2D eigenvalue weighted by molar-refractivity contribution is -0.133. The second-order valence-electron chi connectivity index (χ2n) is 15.5. The van der Waals surface area contributed by atoms with Crippen LogP contribution < -0.4 is 0 Å². The molecule has 0 aromatic carbocycles. The van der Waals surface area contributed by atoms with Crippen LogP contribution in [0.2, 0.25) is 0 Å². The summed E-state index contributed by atoms with van der Waals surface area (Å²) in [7, 11) is -4.73. The summed E-state index contributed by atoms with van der Waals surface area (Å²) in [4.78, 5) is 42.2. The molecule has 348 valence electrons. The summed E-state index contributed by atoms with van der Waals surface area (Å²) in [6, 6.07) is 0. The van der Waals surface area contributed by atoms with E-state index in [1.54, 1.807) is 30.0 Å². The molecule has 22 heteroatoms. The summed E-state index contributed by atoms with van der Waals surface area (Å²) in [6.45, 7) is 20.0. The van der Waals surface area contributed by atoms with Crippen molar-refractivity contribution in [3.05, 3.63) is 0 Å². The number of hydrogen-bond acceptors (Lipinski definition) is 13. The van der Waals surface area contributed by atoms with Crippen molar-refractivity contribution in [2.45, 2.75) is 59.3 Å². The summed E-state index contributed by atoms with van der Waals surface area (Å²) in [5.41, 5.74) is 0. The maximum atomic E-state index is 11.0. The third-order valence-corrected chi connectivity index (χ3v) is 14.3. The van der Waals surface area contributed by atoms with Crippen LogP contribution in [0.5, 0.6) is 0 Å². The fourth-order valence-electron chi connectivity index (χ4n) is 6.40. The second kappa shape index (κ2) is 28.6. The molecule has 0 saturated carbocycles. The first-order chi connectivity index (χ1) is 27.5. The molecule has 0 spiro atoms. The Labute approximate surface area is 356 Å². The first-order valence-electron chi connectivity index (χ1n) is 20.7. The highest BCUT2D eigenvalue weighted by molar-refractivity contribution is 7.88. The third kappa shape index (κ3) is 25.5. The fourth-order valence-corrected chi connectivity index (χ4v) is 8.96. The Bertz CT molecular complexity index is 1460. The highest BCUT2D eigenvalue weighted by atomic mass is 32.2. The van der Waals surface area contributed by atoms with Crippen LogP contribution in [0.4, 0.5) is 0 Å². The number of sulfonamides is 3. The van der Waals surface area contributed by atoms with Crippen LogP contribution >= 0.6 is 0 Å². The molecule has 6 aliphatic rings. The number of likely N-dealkylation sites (tertiary alicyclic amines) is 1. The van der Waals surface area contributed by atoms with Gasteiger partial charge < -0.3 is 34.0 Å². The number of hydrogen-bond donors (Lipinski definition) is 0. The van der Waals surface area contributed by atoms with Crippen molar-refractivity contribution in [3.8, 4) is 0 Å². The van der Waals surface area contributed by atoms with Crippen molar-refractivity contribution in [2.75, 3.05) is 164 Å². The van der Waals surface area contributed by atoms with E-state index < -0.39 is 30.1 Å². The van der Waals surface area contributed by atoms with Gasteiger partial charge >= 0.3 is 0 Å². The molecule has 0 radical (unpaired) electrons. The van der Waals surface area contributed by atoms with Gasteiger partial charge in [-0.05, 0) is 46.2 Å². The summed E-state index contributed by atoms with van der Waals surface area (Å²) in [5, 5.41) is 0. The van der Waals surface area contributed by atoms with Gasteiger partial charge in [0.1, 0.15) is 0 Å². The summed E-state index contributed by atoms with van der Waals surface area (Å²) >= 11 is 0. The van der Waals surface area contributed by atoms with Crippen molar-refractivity contribution < 1.29 is 49.1 Å². The minimum Gasteiger partial charge on any atom is -0.379 e. The highest BCUT2D eigenvalue weighted by Crippen LogP contribution is 2.11. The van der Waals surface area contributed by atoms with Gasteiger partial charge in [-0.1, -0.05) is 6.42 Å². The van der Waals surface area contributed by atoms with E-state index >= 15 is 0 Å². The lowest BCUT2D eigenvalue weighted by Crippen LogP contribution is -2.46. The van der Waals surface area contributed by atoms with E-state index in [-0.39, 0.29) is 17.7 Å². The molecule has 0 N–H and O–H groups in total. The minimum atomic E-state index is -2.97. The third-order valence-electron chi connectivity index (χ3n) is 10.4. The van der Waals surface area contributed by atoms with Crippen LogP contribution in [0, 0.1) is 0 Å². The molecule has 6 fully saturated rings. The number of carbonyl (C=O) groups is 3. The van der Waals surface area contributed by atoms with Crippen molar-refractivity contribution in [3.63, 3.8) is 0 Å². The number of likely N-dealkylation sites (N-methyl/N-ethyl adjacent to an activating group) is 2. The van der Waals surface area contributed by atoms with Gasteiger partial charge in [-0.2, -0.15) is 8.61 Å². The fraction of sp³-hybridized carbons (Fsp3) is 0.919. The second-order valence-corrected chi connectivity index (χ2v) is 21.4.